The van der Waals surface area contributed by atoms with E-state index in [0.29, 0.717) is 25.6 Å². The van der Waals surface area contributed by atoms with Gasteiger partial charge in [-0.15, -0.1) is 0 Å². The van der Waals surface area contributed by atoms with Gasteiger partial charge in [0.1, 0.15) is 0 Å². The summed E-state index contributed by atoms with van der Waals surface area (Å²) >= 11 is 0. The summed E-state index contributed by atoms with van der Waals surface area (Å²) in [6, 6.07) is 9.90. The molecule has 1 atom stereocenters. The van der Waals surface area contributed by atoms with E-state index < -0.39 is 0 Å². The molecule has 0 aliphatic rings. The quantitative estimate of drug-likeness (QED) is 0.752. The molecule has 1 aromatic carbocycles. The standard InChI is InChI=1S/C14H23N3O/c1-12(8-15)10-17(2)11-14(18)16-9-13-6-4-3-5-7-13/h3-7,12H,8-11,15H2,1-2H3,(H,16,18). The Hall–Kier alpha value is -1.39. The van der Waals surface area contributed by atoms with Crippen LogP contribution >= 0.6 is 0 Å². The van der Waals surface area contributed by atoms with Crippen LogP contribution in [0.5, 0.6) is 0 Å². The van der Waals surface area contributed by atoms with Crippen LogP contribution in [-0.2, 0) is 11.3 Å². The van der Waals surface area contributed by atoms with Gasteiger partial charge in [-0.1, -0.05) is 37.3 Å². The zero-order valence-electron chi connectivity index (χ0n) is 11.2. The number of nitrogens with zero attached hydrogens (tertiary/aromatic N) is 1. The average molecular weight is 249 g/mol. The van der Waals surface area contributed by atoms with Gasteiger partial charge in [0.05, 0.1) is 6.54 Å². The normalized spacial score (nSPS) is 12.4. The van der Waals surface area contributed by atoms with Crippen molar-refractivity contribution < 1.29 is 4.79 Å². The molecule has 4 heteroatoms. The van der Waals surface area contributed by atoms with Crippen LogP contribution in [0.2, 0.25) is 0 Å². The molecule has 0 aliphatic heterocycles. The molecule has 1 rings (SSSR count). The number of carbonyl (C=O) groups excluding carboxylic acids is 1. The van der Waals surface area contributed by atoms with Crippen molar-refractivity contribution in [2.45, 2.75) is 13.5 Å². The fraction of sp³-hybridized carbons (Fsp3) is 0.500. The molecular weight excluding hydrogens is 226 g/mol. The van der Waals surface area contributed by atoms with Gasteiger partial charge in [-0.25, -0.2) is 0 Å². The molecule has 0 heterocycles. The van der Waals surface area contributed by atoms with Gasteiger partial charge >= 0.3 is 0 Å². The van der Waals surface area contributed by atoms with Crippen LogP contribution < -0.4 is 11.1 Å². The van der Waals surface area contributed by atoms with E-state index in [1.165, 1.54) is 0 Å². The maximum Gasteiger partial charge on any atom is 0.234 e. The van der Waals surface area contributed by atoms with Crippen LogP contribution in [-0.4, -0.2) is 37.5 Å². The number of rotatable bonds is 7. The van der Waals surface area contributed by atoms with Crippen molar-refractivity contribution in [2.24, 2.45) is 11.7 Å². The molecule has 0 spiro atoms. The third kappa shape index (κ3) is 5.80. The largest absolute Gasteiger partial charge is 0.351 e. The number of benzene rings is 1. The van der Waals surface area contributed by atoms with Crippen molar-refractivity contribution in [1.82, 2.24) is 10.2 Å². The number of amides is 1. The predicted molar refractivity (Wildman–Crippen MR) is 74.0 cm³/mol. The summed E-state index contributed by atoms with van der Waals surface area (Å²) in [6.45, 7) is 4.57. The fourth-order valence-electron chi connectivity index (χ4n) is 1.77. The lowest BCUT2D eigenvalue weighted by Crippen LogP contribution is -2.37. The van der Waals surface area contributed by atoms with E-state index in [9.17, 15) is 4.79 Å². The molecule has 1 amide bonds. The first-order chi connectivity index (χ1) is 8.61. The second-order valence-corrected chi connectivity index (χ2v) is 4.80. The Morgan fingerprint density at radius 1 is 1.39 bits per heavy atom. The third-order valence-electron chi connectivity index (χ3n) is 2.77. The summed E-state index contributed by atoms with van der Waals surface area (Å²) in [5.74, 6) is 0.461. The summed E-state index contributed by atoms with van der Waals surface area (Å²) < 4.78 is 0. The summed E-state index contributed by atoms with van der Waals surface area (Å²) in [5.41, 5.74) is 6.67. The molecule has 0 bridgehead atoms. The molecule has 0 aromatic heterocycles. The van der Waals surface area contributed by atoms with E-state index in [2.05, 4.69) is 12.2 Å². The second-order valence-electron chi connectivity index (χ2n) is 4.80. The minimum absolute atomic E-state index is 0.0468. The zero-order valence-corrected chi connectivity index (χ0v) is 11.2. The smallest absolute Gasteiger partial charge is 0.234 e. The fourth-order valence-corrected chi connectivity index (χ4v) is 1.77. The molecule has 18 heavy (non-hydrogen) atoms. The van der Waals surface area contributed by atoms with Crippen LogP contribution in [0.25, 0.3) is 0 Å². The highest BCUT2D eigenvalue weighted by Crippen LogP contribution is 1.98. The molecule has 1 aromatic rings. The molecule has 0 saturated heterocycles. The molecule has 0 aliphatic carbocycles. The zero-order chi connectivity index (χ0) is 13.4. The number of nitrogens with one attached hydrogen (secondary N) is 1. The maximum atomic E-state index is 11.7. The van der Waals surface area contributed by atoms with Gasteiger partial charge in [-0.3, -0.25) is 9.69 Å². The molecule has 0 fully saturated rings. The third-order valence-corrected chi connectivity index (χ3v) is 2.77. The van der Waals surface area contributed by atoms with Gasteiger partial charge in [0.25, 0.3) is 0 Å². The predicted octanol–water partition coefficient (Wildman–Crippen LogP) is 0.829. The minimum atomic E-state index is 0.0468. The van der Waals surface area contributed by atoms with Gasteiger partial charge in [0.15, 0.2) is 0 Å². The first-order valence-electron chi connectivity index (χ1n) is 6.31. The van der Waals surface area contributed by atoms with Crippen molar-refractivity contribution >= 4 is 5.91 Å². The van der Waals surface area contributed by atoms with Crippen molar-refractivity contribution in [3.8, 4) is 0 Å². The molecule has 0 radical (unpaired) electrons. The molecular formula is C14H23N3O. The van der Waals surface area contributed by atoms with Crippen molar-refractivity contribution in [2.75, 3.05) is 26.7 Å². The number of hydrogen-bond acceptors (Lipinski definition) is 3. The van der Waals surface area contributed by atoms with Crippen LogP contribution in [0.1, 0.15) is 12.5 Å². The molecule has 3 N–H and O–H groups in total. The number of carbonyl (C=O) groups is 1. The van der Waals surface area contributed by atoms with Crippen LogP contribution in [0.15, 0.2) is 30.3 Å². The molecule has 1 unspecified atom stereocenters. The molecule has 0 saturated carbocycles. The second kappa shape index (κ2) is 7.84. The van der Waals surface area contributed by atoms with Gasteiger partial charge in [-0.05, 0) is 25.1 Å². The molecule has 4 nitrogen and oxygen atoms in total. The Bertz CT molecular complexity index is 353. The minimum Gasteiger partial charge on any atom is -0.351 e. The van der Waals surface area contributed by atoms with E-state index in [-0.39, 0.29) is 5.91 Å². The van der Waals surface area contributed by atoms with Gasteiger partial charge in [0, 0.05) is 13.1 Å². The van der Waals surface area contributed by atoms with E-state index in [1.807, 2.05) is 42.3 Å². The lowest BCUT2D eigenvalue weighted by Gasteiger charge is -2.19. The summed E-state index contributed by atoms with van der Waals surface area (Å²) in [7, 11) is 1.94. The average Bonchev–Trinajstić information content (AvgIpc) is 2.37. The van der Waals surface area contributed by atoms with E-state index in [0.717, 1.165) is 12.1 Å². The summed E-state index contributed by atoms with van der Waals surface area (Å²) in [5, 5.41) is 2.91. The maximum absolute atomic E-state index is 11.7. The van der Waals surface area contributed by atoms with Crippen molar-refractivity contribution in [3.05, 3.63) is 35.9 Å². The Kier molecular flexibility index (Phi) is 6.39. The lowest BCUT2D eigenvalue weighted by atomic mass is 10.2. The van der Waals surface area contributed by atoms with Crippen LogP contribution in [0, 0.1) is 5.92 Å². The Balaban J connectivity index is 2.25. The SMILES string of the molecule is CC(CN)CN(C)CC(=O)NCc1ccccc1. The lowest BCUT2D eigenvalue weighted by molar-refractivity contribution is -0.122. The summed E-state index contributed by atoms with van der Waals surface area (Å²) in [4.78, 5) is 13.7. The van der Waals surface area contributed by atoms with Gasteiger partial charge < -0.3 is 11.1 Å². The first-order valence-corrected chi connectivity index (χ1v) is 6.31. The van der Waals surface area contributed by atoms with E-state index in [1.54, 1.807) is 0 Å². The highest BCUT2D eigenvalue weighted by molar-refractivity contribution is 5.77. The Morgan fingerprint density at radius 3 is 2.67 bits per heavy atom. The first kappa shape index (κ1) is 14.7. The number of hydrogen-bond donors (Lipinski definition) is 2. The van der Waals surface area contributed by atoms with Crippen LogP contribution in [0.3, 0.4) is 0 Å². The number of nitrogens with two attached hydrogens (primary N) is 1. The van der Waals surface area contributed by atoms with E-state index in [4.69, 9.17) is 5.73 Å². The number of likely N-dealkylation sites (N-methyl/N-ethyl adjacent to an activating group) is 1. The summed E-state index contributed by atoms with van der Waals surface area (Å²) in [6.07, 6.45) is 0. The van der Waals surface area contributed by atoms with E-state index >= 15 is 0 Å². The highest BCUT2D eigenvalue weighted by atomic mass is 16.2. The molecule has 100 valence electrons. The van der Waals surface area contributed by atoms with Gasteiger partial charge in [-0.2, -0.15) is 0 Å². The van der Waals surface area contributed by atoms with Crippen LogP contribution in [0.4, 0.5) is 0 Å². The Labute approximate surface area is 109 Å². The van der Waals surface area contributed by atoms with Crippen molar-refractivity contribution in [1.29, 1.82) is 0 Å². The van der Waals surface area contributed by atoms with Crippen molar-refractivity contribution in [3.63, 3.8) is 0 Å². The highest BCUT2D eigenvalue weighted by Gasteiger charge is 2.08. The topological polar surface area (TPSA) is 58.4 Å². The monoisotopic (exact) mass is 249 g/mol. The van der Waals surface area contributed by atoms with Gasteiger partial charge in [0.2, 0.25) is 5.91 Å². The Morgan fingerprint density at radius 2 is 2.06 bits per heavy atom.